The fourth-order valence-electron chi connectivity index (χ4n) is 1.78. The van der Waals surface area contributed by atoms with Crippen molar-refractivity contribution in [1.82, 2.24) is 0 Å². The molecule has 0 spiro atoms. The summed E-state index contributed by atoms with van der Waals surface area (Å²) < 4.78 is 22.9. The summed E-state index contributed by atoms with van der Waals surface area (Å²) in [6.45, 7) is 0.324. The molecule has 0 bridgehead atoms. The van der Waals surface area contributed by atoms with Gasteiger partial charge in [-0.3, -0.25) is 0 Å². The number of rotatable bonds is 5. The second-order valence-corrected chi connectivity index (χ2v) is 7.09. The van der Waals surface area contributed by atoms with Crippen LogP contribution in [0.1, 0.15) is 25.3 Å². The third-order valence-corrected chi connectivity index (χ3v) is 3.96. The molecule has 0 N–H and O–H groups in total. The van der Waals surface area contributed by atoms with Crippen molar-refractivity contribution in [2.45, 2.75) is 19.8 Å². The lowest BCUT2D eigenvalue weighted by atomic mass is 10.0. The maximum absolute atomic E-state index is 12.2. The molecule has 0 saturated heterocycles. The van der Waals surface area contributed by atoms with Crippen LogP contribution in [0.15, 0.2) is 54.6 Å². The molecule has 20 heavy (non-hydrogen) atoms. The highest BCUT2D eigenvalue weighted by Crippen LogP contribution is 2.54. The molecule has 0 saturated carbocycles. The summed E-state index contributed by atoms with van der Waals surface area (Å²) in [6, 6.07) is 16.1. The molecule has 1 unspecified atom stereocenters. The van der Waals surface area contributed by atoms with Gasteiger partial charge < -0.3 is 9.05 Å². The number of hydrogen-bond acceptors (Lipinski definition) is 3. The predicted molar refractivity (Wildman–Crippen MR) is 81.7 cm³/mol. The first-order valence-corrected chi connectivity index (χ1v) is 8.75. The average Bonchev–Trinajstić information content (AvgIpc) is 2.39. The normalized spacial score (nSPS) is 13.8. The van der Waals surface area contributed by atoms with Crippen LogP contribution in [0.5, 0.6) is 11.5 Å². The van der Waals surface area contributed by atoms with Crippen molar-refractivity contribution in [3.63, 3.8) is 0 Å². The van der Waals surface area contributed by atoms with Crippen molar-refractivity contribution in [2.75, 3.05) is 0 Å². The van der Waals surface area contributed by atoms with Gasteiger partial charge in [-0.2, -0.15) is 0 Å². The van der Waals surface area contributed by atoms with E-state index in [9.17, 15) is 4.57 Å². The number of hydrogen-bond donors (Lipinski definition) is 0. The van der Waals surface area contributed by atoms with Gasteiger partial charge in [0, 0.05) is 11.2 Å². The van der Waals surface area contributed by atoms with E-state index in [2.05, 4.69) is 0 Å². The Morgan fingerprint density at radius 2 is 1.55 bits per heavy atom. The first kappa shape index (κ1) is 15.0. The van der Waals surface area contributed by atoms with Crippen molar-refractivity contribution in [3.05, 3.63) is 60.2 Å². The minimum Gasteiger partial charge on any atom is -0.405 e. The molecule has 0 aliphatic rings. The van der Waals surface area contributed by atoms with E-state index in [-0.39, 0.29) is 5.92 Å². The van der Waals surface area contributed by atoms with Crippen LogP contribution in [0.2, 0.25) is 0 Å². The fraction of sp³-hybridized carbons (Fsp3) is 0.200. The molecule has 0 aliphatic heterocycles. The summed E-state index contributed by atoms with van der Waals surface area (Å²) in [7, 11) is 0. The molecule has 3 nitrogen and oxygen atoms in total. The Labute approximate surface area is 123 Å². The Hall–Kier alpha value is -1.44. The maximum Gasteiger partial charge on any atom is 0.530 e. The van der Waals surface area contributed by atoms with Crippen molar-refractivity contribution in [2.24, 2.45) is 0 Å². The van der Waals surface area contributed by atoms with E-state index in [0.717, 1.165) is 5.56 Å². The zero-order valence-electron chi connectivity index (χ0n) is 11.3. The molecule has 106 valence electrons. The van der Waals surface area contributed by atoms with E-state index in [1.165, 1.54) is 0 Å². The van der Waals surface area contributed by atoms with Crippen LogP contribution >= 0.6 is 18.2 Å². The molecule has 0 aliphatic carbocycles. The highest BCUT2D eigenvalue weighted by atomic mass is 35.7. The first-order valence-electron chi connectivity index (χ1n) is 6.31. The Balaban J connectivity index is 2.18. The lowest BCUT2D eigenvalue weighted by Gasteiger charge is -2.17. The van der Waals surface area contributed by atoms with Crippen molar-refractivity contribution >= 4 is 18.2 Å². The average molecular weight is 311 g/mol. The van der Waals surface area contributed by atoms with E-state index in [1.807, 2.05) is 32.0 Å². The largest absolute Gasteiger partial charge is 0.530 e. The minimum atomic E-state index is -3.73. The van der Waals surface area contributed by atoms with E-state index in [0.29, 0.717) is 11.5 Å². The van der Waals surface area contributed by atoms with Crippen LogP contribution < -0.4 is 9.05 Å². The molecule has 2 aromatic rings. The van der Waals surface area contributed by atoms with Gasteiger partial charge in [-0.1, -0.05) is 50.2 Å². The topological polar surface area (TPSA) is 35.5 Å². The Morgan fingerprint density at radius 3 is 2.20 bits per heavy atom. The quantitative estimate of drug-likeness (QED) is 0.673. The Bertz CT molecular complexity index is 614. The van der Waals surface area contributed by atoms with Gasteiger partial charge in [0.25, 0.3) is 0 Å². The third-order valence-electron chi connectivity index (χ3n) is 2.71. The van der Waals surface area contributed by atoms with E-state index in [4.69, 9.17) is 20.3 Å². The molecule has 0 heterocycles. The summed E-state index contributed by atoms with van der Waals surface area (Å²) in [6.07, 6.45) is 0. The highest BCUT2D eigenvalue weighted by Gasteiger charge is 2.26. The van der Waals surface area contributed by atoms with Crippen LogP contribution in [0.3, 0.4) is 0 Å². The van der Waals surface area contributed by atoms with E-state index < -0.39 is 6.95 Å². The Kier molecular flexibility index (Phi) is 4.74. The Morgan fingerprint density at radius 1 is 0.950 bits per heavy atom. The lowest BCUT2D eigenvalue weighted by molar-refractivity contribution is 0.404. The zero-order valence-corrected chi connectivity index (χ0v) is 13.0. The van der Waals surface area contributed by atoms with Crippen molar-refractivity contribution in [3.8, 4) is 11.5 Å². The molecule has 2 aromatic carbocycles. The van der Waals surface area contributed by atoms with Crippen molar-refractivity contribution in [1.29, 1.82) is 0 Å². The van der Waals surface area contributed by atoms with Crippen LogP contribution in [-0.2, 0) is 4.57 Å². The fourth-order valence-corrected chi connectivity index (χ4v) is 3.06. The molecule has 2 rings (SSSR count). The molecule has 0 aromatic heterocycles. The van der Waals surface area contributed by atoms with Gasteiger partial charge in [0.05, 0.1) is 0 Å². The zero-order chi connectivity index (χ0) is 14.6. The van der Waals surface area contributed by atoms with Crippen LogP contribution in [0.25, 0.3) is 0 Å². The SMILES string of the molecule is CC(C)c1ccccc1OP(=O)(Cl)Oc1ccccc1. The second-order valence-electron chi connectivity index (χ2n) is 4.62. The predicted octanol–water partition coefficient (Wildman–Crippen LogP) is 5.61. The maximum atomic E-state index is 12.2. The third kappa shape index (κ3) is 4.03. The smallest absolute Gasteiger partial charge is 0.405 e. The molecule has 0 fully saturated rings. The van der Waals surface area contributed by atoms with Gasteiger partial charge in [0.15, 0.2) is 0 Å². The van der Waals surface area contributed by atoms with Gasteiger partial charge in [0.1, 0.15) is 11.5 Å². The summed E-state index contributed by atoms with van der Waals surface area (Å²) in [5, 5.41) is 0. The molecule has 1 atom stereocenters. The monoisotopic (exact) mass is 310 g/mol. The van der Waals surface area contributed by atoms with E-state index >= 15 is 0 Å². The van der Waals surface area contributed by atoms with Gasteiger partial charge >= 0.3 is 6.95 Å². The van der Waals surface area contributed by atoms with E-state index in [1.54, 1.807) is 36.4 Å². The molecule has 5 heteroatoms. The van der Waals surface area contributed by atoms with Crippen LogP contribution in [0.4, 0.5) is 0 Å². The number of benzene rings is 2. The number of halogens is 1. The van der Waals surface area contributed by atoms with Crippen LogP contribution in [0, 0.1) is 0 Å². The van der Waals surface area contributed by atoms with Gasteiger partial charge in [-0.25, -0.2) is 4.57 Å². The minimum absolute atomic E-state index is 0.236. The lowest BCUT2D eigenvalue weighted by Crippen LogP contribution is -1.99. The van der Waals surface area contributed by atoms with Gasteiger partial charge in [-0.15, -0.1) is 0 Å². The first-order chi connectivity index (χ1) is 9.48. The van der Waals surface area contributed by atoms with Crippen LogP contribution in [-0.4, -0.2) is 0 Å². The molecule has 0 radical (unpaired) electrons. The van der Waals surface area contributed by atoms with Gasteiger partial charge in [-0.05, 0) is 29.7 Å². The standard InChI is InChI=1S/C15H16ClO3P/c1-12(2)14-10-6-7-11-15(14)19-20(16,17)18-13-8-4-3-5-9-13/h3-12H,1-2H3. The summed E-state index contributed by atoms with van der Waals surface area (Å²) in [4.78, 5) is 0. The molecule has 0 amide bonds. The molecular formula is C15H16ClO3P. The van der Waals surface area contributed by atoms with Crippen molar-refractivity contribution < 1.29 is 13.6 Å². The highest BCUT2D eigenvalue weighted by molar-refractivity contribution is 7.82. The number of para-hydroxylation sites is 2. The second kappa shape index (κ2) is 6.34. The summed E-state index contributed by atoms with van der Waals surface area (Å²) in [5.41, 5.74) is 0.935. The summed E-state index contributed by atoms with van der Waals surface area (Å²) >= 11 is 5.89. The summed E-state index contributed by atoms with van der Waals surface area (Å²) in [5.74, 6) is 1.13. The van der Waals surface area contributed by atoms with Gasteiger partial charge in [0.2, 0.25) is 0 Å². The molecular weight excluding hydrogens is 295 g/mol.